The first kappa shape index (κ1) is 17.8. The average molecular weight is 390 g/mol. The number of carbonyl (C=O) groups is 1. The molecule has 0 aliphatic carbocycles. The van der Waals surface area contributed by atoms with Crippen molar-refractivity contribution in [2.45, 2.75) is 25.4 Å². The van der Waals surface area contributed by atoms with E-state index in [9.17, 15) is 4.79 Å². The van der Waals surface area contributed by atoms with Crippen LogP contribution in [0.1, 0.15) is 13.3 Å². The third kappa shape index (κ3) is 2.79. The van der Waals surface area contributed by atoms with Crippen LogP contribution >= 0.6 is 0 Å². The topological polar surface area (TPSA) is 76.4 Å². The second kappa shape index (κ2) is 6.97. The van der Waals surface area contributed by atoms with Gasteiger partial charge in [0.25, 0.3) is 0 Å². The van der Waals surface area contributed by atoms with Gasteiger partial charge in [-0.25, -0.2) is 9.97 Å². The Morgan fingerprint density at radius 1 is 1.17 bits per heavy atom. The molecule has 1 saturated heterocycles. The van der Waals surface area contributed by atoms with Gasteiger partial charge in [0, 0.05) is 25.0 Å². The van der Waals surface area contributed by atoms with Crippen molar-refractivity contribution in [3.05, 3.63) is 48.9 Å². The van der Waals surface area contributed by atoms with Gasteiger partial charge in [-0.2, -0.15) is 4.98 Å². The Hall–Kier alpha value is -3.26. The lowest BCUT2D eigenvalue weighted by atomic mass is 10.0. The van der Waals surface area contributed by atoms with Crippen molar-refractivity contribution in [2.24, 2.45) is 0 Å². The molecule has 8 heteroatoms. The first-order valence-corrected chi connectivity index (χ1v) is 9.79. The molecule has 0 N–H and O–H groups in total. The SMILES string of the molecule is CC[C@@H]1C(=O)N(C)c2cnc(-n3ccnc3-c3ccccc3)nc2N1C1COC1. The van der Waals surface area contributed by atoms with Crippen molar-refractivity contribution in [1.82, 2.24) is 19.5 Å². The van der Waals surface area contributed by atoms with Crippen LogP contribution in [0.15, 0.2) is 48.9 Å². The van der Waals surface area contributed by atoms with Gasteiger partial charge in [0.05, 0.1) is 25.5 Å². The highest BCUT2D eigenvalue weighted by Gasteiger charge is 2.42. The molecule has 2 aliphatic rings. The van der Waals surface area contributed by atoms with Crippen LogP contribution in [0.4, 0.5) is 11.5 Å². The van der Waals surface area contributed by atoms with Gasteiger partial charge in [0.15, 0.2) is 5.82 Å². The molecule has 1 fully saturated rings. The van der Waals surface area contributed by atoms with E-state index in [1.54, 1.807) is 24.3 Å². The molecule has 4 heterocycles. The van der Waals surface area contributed by atoms with Crippen molar-refractivity contribution in [2.75, 3.05) is 30.1 Å². The molecular weight excluding hydrogens is 368 g/mol. The maximum absolute atomic E-state index is 12.9. The van der Waals surface area contributed by atoms with Gasteiger partial charge < -0.3 is 14.5 Å². The zero-order chi connectivity index (χ0) is 20.0. The largest absolute Gasteiger partial charge is 0.377 e. The molecule has 2 aromatic heterocycles. The van der Waals surface area contributed by atoms with Crippen LogP contribution in [-0.4, -0.2) is 57.8 Å². The van der Waals surface area contributed by atoms with Gasteiger partial charge in [-0.3, -0.25) is 9.36 Å². The van der Waals surface area contributed by atoms with Crippen molar-refractivity contribution in [1.29, 1.82) is 0 Å². The monoisotopic (exact) mass is 390 g/mol. The van der Waals surface area contributed by atoms with Crippen molar-refractivity contribution >= 4 is 17.4 Å². The maximum Gasteiger partial charge on any atom is 0.249 e. The number of hydrogen-bond donors (Lipinski definition) is 0. The molecule has 0 radical (unpaired) electrons. The number of amides is 1. The van der Waals surface area contributed by atoms with Crippen LogP contribution in [0.3, 0.4) is 0 Å². The summed E-state index contributed by atoms with van der Waals surface area (Å²) in [6, 6.07) is 9.85. The molecule has 1 aromatic carbocycles. The lowest BCUT2D eigenvalue weighted by molar-refractivity contribution is -0.120. The summed E-state index contributed by atoms with van der Waals surface area (Å²) >= 11 is 0. The van der Waals surface area contributed by atoms with E-state index >= 15 is 0 Å². The average Bonchev–Trinajstić information content (AvgIpc) is 3.21. The zero-order valence-electron chi connectivity index (χ0n) is 16.4. The van der Waals surface area contributed by atoms with Crippen LogP contribution in [0.5, 0.6) is 0 Å². The zero-order valence-corrected chi connectivity index (χ0v) is 16.4. The van der Waals surface area contributed by atoms with E-state index in [0.717, 1.165) is 22.9 Å². The van der Waals surface area contributed by atoms with Crippen LogP contribution in [0.25, 0.3) is 17.3 Å². The van der Waals surface area contributed by atoms with E-state index in [-0.39, 0.29) is 18.0 Å². The number of anilines is 2. The summed E-state index contributed by atoms with van der Waals surface area (Å²) in [5, 5.41) is 0. The van der Waals surface area contributed by atoms with E-state index in [4.69, 9.17) is 9.72 Å². The highest BCUT2D eigenvalue weighted by molar-refractivity contribution is 6.04. The minimum absolute atomic E-state index is 0.0656. The first-order valence-electron chi connectivity index (χ1n) is 9.79. The molecule has 3 aromatic rings. The Morgan fingerprint density at radius 3 is 2.66 bits per heavy atom. The molecule has 0 saturated carbocycles. The molecule has 0 unspecified atom stereocenters. The number of fused-ring (bicyclic) bond motifs is 1. The van der Waals surface area contributed by atoms with Crippen LogP contribution in [0, 0.1) is 0 Å². The number of imidazole rings is 1. The number of ether oxygens (including phenoxy) is 1. The fourth-order valence-electron chi connectivity index (χ4n) is 3.96. The molecule has 29 heavy (non-hydrogen) atoms. The third-order valence-electron chi connectivity index (χ3n) is 5.58. The van der Waals surface area contributed by atoms with E-state index in [1.807, 2.05) is 48.0 Å². The van der Waals surface area contributed by atoms with Gasteiger partial charge in [-0.1, -0.05) is 37.3 Å². The smallest absolute Gasteiger partial charge is 0.249 e. The molecule has 0 bridgehead atoms. The van der Waals surface area contributed by atoms with Crippen LogP contribution in [-0.2, 0) is 9.53 Å². The number of likely N-dealkylation sites (N-methyl/N-ethyl adjacent to an activating group) is 1. The Bertz CT molecular complexity index is 1050. The summed E-state index contributed by atoms with van der Waals surface area (Å²) in [7, 11) is 1.79. The molecule has 5 rings (SSSR count). The number of rotatable bonds is 4. The summed E-state index contributed by atoms with van der Waals surface area (Å²) in [5.41, 5.74) is 1.71. The minimum atomic E-state index is -0.250. The Labute approximate surface area is 168 Å². The predicted molar refractivity (Wildman–Crippen MR) is 109 cm³/mol. The number of aromatic nitrogens is 4. The Balaban J connectivity index is 1.63. The predicted octanol–water partition coefficient (Wildman–Crippen LogP) is 2.29. The quantitative estimate of drug-likeness (QED) is 0.680. The fourth-order valence-corrected chi connectivity index (χ4v) is 3.96. The Morgan fingerprint density at radius 2 is 1.97 bits per heavy atom. The summed E-state index contributed by atoms with van der Waals surface area (Å²) in [6.07, 6.45) is 6.03. The van der Waals surface area contributed by atoms with Gasteiger partial charge in [0.1, 0.15) is 17.6 Å². The van der Waals surface area contributed by atoms with Gasteiger partial charge >= 0.3 is 0 Å². The van der Waals surface area contributed by atoms with Crippen LogP contribution < -0.4 is 9.80 Å². The number of nitrogens with zero attached hydrogens (tertiary/aromatic N) is 6. The molecule has 0 spiro atoms. The second-order valence-corrected chi connectivity index (χ2v) is 7.29. The van der Waals surface area contributed by atoms with Gasteiger partial charge in [0.2, 0.25) is 11.9 Å². The lowest BCUT2D eigenvalue weighted by Gasteiger charge is -2.47. The summed E-state index contributed by atoms with van der Waals surface area (Å²) in [5.74, 6) is 2.14. The first-order chi connectivity index (χ1) is 14.2. The van der Waals surface area contributed by atoms with Gasteiger partial charge in [-0.05, 0) is 6.42 Å². The normalized spacial score (nSPS) is 19.2. The standard InChI is InChI=1S/C21H22N6O2/c1-3-16-20(28)25(2)17-11-23-21(24-19(17)27(16)15-12-29-13-15)26-10-9-22-18(26)14-7-5-4-6-8-14/h4-11,15-16H,3,12-13H2,1-2H3/t16-/m1/s1. The molecular formula is C21H22N6O2. The van der Waals surface area contributed by atoms with Crippen molar-refractivity contribution in [3.8, 4) is 17.3 Å². The summed E-state index contributed by atoms with van der Waals surface area (Å²) in [6.45, 7) is 3.23. The Kier molecular flexibility index (Phi) is 4.28. The molecule has 148 valence electrons. The highest BCUT2D eigenvalue weighted by atomic mass is 16.5. The summed E-state index contributed by atoms with van der Waals surface area (Å²) in [4.78, 5) is 30.6. The number of benzene rings is 1. The second-order valence-electron chi connectivity index (χ2n) is 7.29. The van der Waals surface area contributed by atoms with Gasteiger partial charge in [-0.15, -0.1) is 0 Å². The highest BCUT2D eigenvalue weighted by Crippen LogP contribution is 2.37. The molecule has 2 aliphatic heterocycles. The minimum Gasteiger partial charge on any atom is -0.377 e. The van der Waals surface area contributed by atoms with E-state index in [2.05, 4.69) is 14.9 Å². The molecule has 1 amide bonds. The van der Waals surface area contributed by atoms with Crippen molar-refractivity contribution in [3.63, 3.8) is 0 Å². The van der Waals surface area contributed by atoms with E-state index in [0.29, 0.717) is 25.6 Å². The lowest BCUT2D eigenvalue weighted by Crippen LogP contribution is -2.61. The van der Waals surface area contributed by atoms with Crippen LogP contribution in [0.2, 0.25) is 0 Å². The van der Waals surface area contributed by atoms with E-state index < -0.39 is 0 Å². The number of carbonyl (C=O) groups excluding carboxylic acids is 1. The molecule has 8 nitrogen and oxygen atoms in total. The summed E-state index contributed by atoms with van der Waals surface area (Å²) < 4.78 is 7.29. The third-order valence-corrected chi connectivity index (χ3v) is 5.58. The fraction of sp³-hybridized carbons (Fsp3) is 0.333. The van der Waals surface area contributed by atoms with E-state index in [1.165, 1.54) is 0 Å². The number of hydrogen-bond acceptors (Lipinski definition) is 6. The molecule has 1 atom stereocenters. The van der Waals surface area contributed by atoms with Crippen molar-refractivity contribution < 1.29 is 9.53 Å². The maximum atomic E-state index is 12.9.